The van der Waals surface area contributed by atoms with Crippen LogP contribution < -0.4 is 9.84 Å². The molecule has 164 valence electrons. The number of benzene rings is 2. The van der Waals surface area contributed by atoms with Crippen molar-refractivity contribution in [3.8, 4) is 5.75 Å². The normalized spacial score (nSPS) is 15.6. The molecular formula is C24H21ClN3O4-. The molecule has 2 aromatic carbocycles. The van der Waals surface area contributed by atoms with Crippen LogP contribution in [0.25, 0.3) is 10.9 Å². The van der Waals surface area contributed by atoms with Gasteiger partial charge in [0.05, 0.1) is 23.9 Å². The van der Waals surface area contributed by atoms with Crippen molar-refractivity contribution in [2.45, 2.75) is 32.2 Å². The van der Waals surface area contributed by atoms with E-state index in [2.05, 4.69) is 10.1 Å². The lowest BCUT2D eigenvalue weighted by atomic mass is 9.98. The van der Waals surface area contributed by atoms with Gasteiger partial charge in [0.2, 0.25) is 5.91 Å². The molecule has 0 bridgehead atoms. The van der Waals surface area contributed by atoms with Gasteiger partial charge in [-0.15, -0.1) is 0 Å². The van der Waals surface area contributed by atoms with Gasteiger partial charge in [0.15, 0.2) is 0 Å². The van der Waals surface area contributed by atoms with E-state index in [1.54, 1.807) is 0 Å². The van der Waals surface area contributed by atoms with Crippen molar-refractivity contribution < 1.29 is 19.4 Å². The zero-order valence-electron chi connectivity index (χ0n) is 17.5. The Morgan fingerprint density at radius 2 is 1.94 bits per heavy atom. The number of carboxylic acids is 1. The molecule has 8 heteroatoms. The summed E-state index contributed by atoms with van der Waals surface area (Å²) in [5, 5.41) is 17.8. The van der Waals surface area contributed by atoms with Gasteiger partial charge in [0.25, 0.3) is 0 Å². The van der Waals surface area contributed by atoms with Crippen LogP contribution in [-0.2, 0) is 9.59 Å². The van der Waals surface area contributed by atoms with Gasteiger partial charge >= 0.3 is 0 Å². The molecule has 4 rings (SSSR count). The van der Waals surface area contributed by atoms with Gasteiger partial charge in [0, 0.05) is 29.8 Å². The first kappa shape index (κ1) is 21.8. The molecule has 0 N–H and O–H groups in total. The summed E-state index contributed by atoms with van der Waals surface area (Å²) in [7, 11) is 0. The van der Waals surface area contributed by atoms with Gasteiger partial charge in [-0.05, 0) is 43.2 Å². The molecule has 1 atom stereocenters. The molecule has 7 nitrogen and oxygen atoms in total. The highest BCUT2D eigenvalue weighted by Gasteiger charge is 2.34. The maximum Gasteiger partial charge on any atom is 0.243 e. The van der Waals surface area contributed by atoms with Crippen molar-refractivity contribution in [3.63, 3.8) is 0 Å². The number of carbonyl (C=O) groups is 2. The first-order valence-corrected chi connectivity index (χ1v) is 10.7. The van der Waals surface area contributed by atoms with Crippen LogP contribution in [0.5, 0.6) is 5.75 Å². The summed E-state index contributed by atoms with van der Waals surface area (Å²) in [6, 6.07) is 16.5. The molecule has 0 fully saturated rings. The predicted molar refractivity (Wildman–Crippen MR) is 119 cm³/mol. The average molecular weight is 451 g/mol. The van der Waals surface area contributed by atoms with E-state index in [9.17, 15) is 14.7 Å². The monoisotopic (exact) mass is 450 g/mol. The number of amides is 1. The fourth-order valence-corrected chi connectivity index (χ4v) is 4.02. The minimum absolute atomic E-state index is 0.211. The van der Waals surface area contributed by atoms with Crippen LogP contribution in [0, 0.1) is 0 Å². The molecular weight excluding hydrogens is 430 g/mol. The minimum Gasteiger partial charge on any atom is -0.550 e. The Labute approximate surface area is 190 Å². The summed E-state index contributed by atoms with van der Waals surface area (Å²) in [6.45, 7) is 2.45. The highest BCUT2D eigenvalue weighted by molar-refractivity contribution is 6.30. The first-order valence-electron chi connectivity index (χ1n) is 10.3. The van der Waals surface area contributed by atoms with Gasteiger partial charge in [-0.2, -0.15) is 5.10 Å². The summed E-state index contributed by atoms with van der Waals surface area (Å²) in [5.41, 5.74) is 2.95. The molecule has 1 aromatic heterocycles. The highest BCUT2D eigenvalue weighted by atomic mass is 35.5. The van der Waals surface area contributed by atoms with Crippen LogP contribution in [0.4, 0.5) is 0 Å². The topological polar surface area (TPSA) is 94.9 Å². The number of rotatable bonds is 7. The van der Waals surface area contributed by atoms with Crippen molar-refractivity contribution in [1.29, 1.82) is 0 Å². The number of ether oxygens (including phenoxy) is 1. The number of aliphatic carboxylic acids is 1. The van der Waals surface area contributed by atoms with Crippen molar-refractivity contribution in [3.05, 3.63) is 70.9 Å². The zero-order valence-corrected chi connectivity index (χ0v) is 18.2. The molecule has 2 heterocycles. The summed E-state index contributed by atoms with van der Waals surface area (Å²) in [5.74, 6) is -0.982. The third-order valence-corrected chi connectivity index (χ3v) is 5.56. The largest absolute Gasteiger partial charge is 0.550 e. The lowest BCUT2D eigenvalue weighted by Crippen LogP contribution is -2.30. The van der Waals surface area contributed by atoms with E-state index < -0.39 is 17.9 Å². The average Bonchev–Trinajstić information content (AvgIpc) is 3.23. The van der Waals surface area contributed by atoms with Crippen LogP contribution in [0.2, 0.25) is 5.15 Å². The van der Waals surface area contributed by atoms with Crippen LogP contribution in [-0.4, -0.2) is 34.2 Å². The molecule has 1 amide bonds. The third-order valence-electron chi connectivity index (χ3n) is 5.25. The maximum absolute atomic E-state index is 12.9. The SMILES string of the molecule is CCOc1ccc2nc(Cl)c(C3CC(c4ccccc4)=NN3C(=O)CCC(=O)[O-])cc2c1. The van der Waals surface area contributed by atoms with Gasteiger partial charge < -0.3 is 14.6 Å². The number of carbonyl (C=O) groups excluding carboxylic acids is 2. The van der Waals surface area contributed by atoms with E-state index in [-0.39, 0.29) is 18.0 Å². The Morgan fingerprint density at radius 3 is 2.66 bits per heavy atom. The highest BCUT2D eigenvalue weighted by Crippen LogP contribution is 2.38. The maximum atomic E-state index is 12.9. The number of carboxylic acid groups (broad SMARTS) is 1. The quantitative estimate of drug-likeness (QED) is 0.513. The van der Waals surface area contributed by atoms with Gasteiger partial charge in [-0.25, -0.2) is 9.99 Å². The van der Waals surface area contributed by atoms with Crippen LogP contribution in [0.15, 0.2) is 59.7 Å². The van der Waals surface area contributed by atoms with E-state index in [1.165, 1.54) is 5.01 Å². The molecule has 0 spiro atoms. The summed E-state index contributed by atoms with van der Waals surface area (Å²) in [6.07, 6.45) is -0.156. The fraction of sp³-hybridized carbons (Fsp3) is 0.250. The zero-order chi connectivity index (χ0) is 22.7. The van der Waals surface area contributed by atoms with Gasteiger partial charge in [0.1, 0.15) is 10.9 Å². The number of aromatic nitrogens is 1. The molecule has 0 saturated heterocycles. The molecule has 1 aliphatic heterocycles. The van der Waals surface area contributed by atoms with Crippen molar-refractivity contribution >= 4 is 40.1 Å². The lowest BCUT2D eigenvalue weighted by molar-refractivity contribution is -0.305. The van der Waals surface area contributed by atoms with E-state index in [0.717, 1.165) is 16.7 Å². The second-order valence-electron chi connectivity index (χ2n) is 7.40. The van der Waals surface area contributed by atoms with E-state index in [4.69, 9.17) is 16.3 Å². The van der Waals surface area contributed by atoms with Crippen LogP contribution in [0.1, 0.15) is 43.4 Å². The Balaban J connectivity index is 1.73. The fourth-order valence-electron chi connectivity index (χ4n) is 3.75. The Kier molecular flexibility index (Phi) is 6.37. The van der Waals surface area contributed by atoms with E-state index >= 15 is 0 Å². The molecule has 0 saturated carbocycles. The molecule has 1 aliphatic rings. The van der Waals surface area contributed by atoms with Crippen molar-refractivity contribution in [2.24, 2.45) is 5.10 Å². The number of hydrazone groups is 1. The molecule has 3 aromatic rings. The summed E-state index contributed by atoms with van der Waals surface area (Å²) >= 11 is 6.54. The summed E-state index contributed by atoms with van der Waals surface area (Å²) < 4.78 is 5.59. The lowest BCUT2D eigenvalue weighted by Gasteiger charge is -2.23. The Hall–Kier alpha value is -3.45. The van der Waals surface area contributed by atoms with Gasteiger partial charge in [-0.1, -0.05) is 41.9 Å². The van der Waals surface area contributed by atoms with Crippen LogP contribution >= 0.6 is 11.6 Å². The first-order chi connectivity index (χ1) is 15.5. The summed E-state index contributed by atoms with van der Waals surface area (Å²) in [4.78, 5) is 28.3. The molecule has 0 radical (unpaired) electrons. The molecule has 0 aliphatic carbocycles. The Morgan fingerprint density at radius 1 is 1.16 bits per heavy atom. The second-order valence-corrected chi connectivity index (χ2v) is 7.76. The van der Waals surface area contributed by atoms with E-state index in [1.807, 2.05) is 61.5 Å². The third kappa shape index (κ3) is 4.57. The number of pyridine rings is 1. The predicted octanol–water partition coefficient (Wildman–Crippen LogP) is 3.49. The van der Waals surface area contributed by atoms with Crippen LogP contribution in [0.3, 0.4) is 0 Å². The second kappa shape index (κ2) is 9.36. The Bertz CT molecular complexity index is 1200. The molecule has 32 heavy (non-hydrogen) atoms. The van der Waals surface area contributed by atoms with Gasteiger partial charge in [-0.3, -0.25) is 4.79 Å². The molecule has 1 unspecified atom stereocenters. The smallest absolute Gasteiger partial charge is 0.243 e. The number of nitrogens with zero attached hydrogens (tertiary/aromatic N) is 3. The number of fused-ring (bicyclic) bond motifs is 1. The van der Waals surface area contributed by atoms with Crippen molar-refractivity contribution in [2.75, 3.05) is 6.61 Å². The minimum atomic E-state index is -1.28. The number of halogens is 1. The number of hydrogen-bond acceptors (Lipinski definition) is 6. The number of hydrogen-bond donors (Lipinski definition) is 0. The van der Waals surface area contributed by atoms with Crippen molar-refractivity contribution in [1.82, 2.24) is 9.99 Å². The van der Waals surface area contributed by atoms with E-state index in [0.29, 0.717) is 29.9 Å². The standard InChI is InChI=1S/C24H22ClN3O4/c1-2-32-17-8-9-19-16(12-17)13-18(24(25)26-19)21-14-20(15-6-4-3-5-7-15)27-28(21)22(29)10-11-23(30)31/h3-9,12-13,21H,2,10-11,14H2,1H3,(H,30,31)/p-1.